The highest BCUT2D eigenvalue weighted by molar-refractivity contribution is 7.90. The number of nitrogens with one attached hydrogen (secondary N) is 2. The minimum Gasteiger partial charge on any atom is -0.326 e. The Morgan fingerprint density at radius 1 is 1.18 bits per heavy atom. The van der Waals surface area contributed by atoms with Crippen molar-refractivity contribution in [2.24, 2.45) is 4.99 Å². The molecule has 1 aromatic rings. The van der Waals surface area contributed by atoms with Crippen LogP contribution in [-0.4, -0.2) is 26.7 Å². The van der Waals surface area contributed by atoms with Gasteiger partial charge in [0.1, 0.15) is 5.84 Å². The van der Waals surface area contributed by atoms with Gasteiger partial charge < -0.3 is 5.32 Å². The van der Waals surface area contributed by atoms with E-state index < -0.39 is 10.0 Å². The van der Waals surface area contributed by atoms with Gasteiger partial charge in [-0.2, -0.15) is 0 Å². The normalized spacial score (nSPS) is 15.6. The largest absolute Gasteiger partial charge is 0.326 e. The van der Waals surface area contributed by atoms with Crippen molar-refractivity contribution in [3.8, 4) is 0 Å². The van der Waals surface area contributed by atoms with Gasteiger partial charge in [-0.1, -0.05) is 13.3 Å². The summed E-state index contributed by atoms with van der Waals surface area (Å²) in [6.45, 7) is 2.42. The SMILES string of the molecule is CCC(=O)Nc1ccc(S(=O)(=O)NC2=NCCCCC2)cc1. The van der Waals surface area contributed by atoms with E-state index in [2.05, 4.69) is 15.0 Å². The number of hydrogen-bond acceptors (Lipinski definition) is 4. The third-order valence-electron chi connectivity index (χ3n) is 3.40. The fraction of sp³-hybridized carbons (Fsp3) is 0.467. The smallest absolute Gasteiger partial charge is 0.262 e. The number of carbonyl (C=O) groups excluding carboxylic acids is 1. The Kier molecular flexibility index (Phi) is 5.54. The topological polar surface area (TPSA) is 87.6 Å². The van der Waals surface area contributed by atoms with Gasteiger partial charge in [-0.15, -0.1) is 0 Å². The van der Waals surface area contributed by atoms with Gasteiger partial charge in [0.25, 0.3) is 10.0 Å². The Morgan fingerprint density at radius 2 is 1.91 bits per heavy atom. The van der Waals surface area contributed by atoms with Crippen molar-refractivity contribution in [3.63, 3.8) is 0 Å². The molecule has 0 aliphatic carbocycles. The summed E-state index contributed by atoms with van der Waals surface area (Å²) in [6, 6.07) is 6.11. The van der Waals surface area contributed by atoms with Crippen molar-refractivity contribution >= 4 is 27.5 Å². The zero-order valence-corrected chi connectivity index (χ0v) is 13.4. The Morgan fingerprint density at radius 3 is 2.59 bits per heavy atom. The van der Waals surface area contributed by atoms with Gasteiger partial charge in [0, 0.05) is 25.1 Å². The Bertz CT molecular complexity index is 651. The summed E-state index contributed by atoms with van der Waals surface area (Å²) in [7, 11) is -3.62. The van der Waals surface area contributed by atoms with Crippen LogP contribution in [0.5, 0.6) is 0 Å². The molecule has 22 heavy (non-hydrogen) atoms. The molecule has 2 rings (SSSR count). The van der Waals surface area contributed by atoms with Crippen LogP contribution < -0.4 is 10.0 Å². The maximum absolute atomic E-state index is 12.3. The average Bonchev–Trinajstić information content (AvgIpc) is 2.76. The number of anilines is 1. The highest BCUT2D eigenvalue weighted by Crippen LogP contribution is 2.15. The Labute approximate surface area is 131 Å². The summed E-state index contributed by atoms with van der Waals surface area (Å²) < 4.78 is 27.2. The lowest BCUT2D eigenvalue weighted by atomic mass is 10.2. The van der Waals surface area contributed by atoms with Crippen molar-refractivity contribution in [1.82, 2.24) is 4.72 Å². The number of carbonyl (C=O) groups is 1. The molecule has 0 atom stereocenters. The van der Waals surface area contributed by atoms with E-state index in [9.17, 15) is 13.2 Å². The van der Waals surface area contributed by atoms with Crippen LogP contribution in [0.2, 0.25) is 0 Å². The zero-order valence-electron chi connectivity index (χ0n) is 12.6. The number of benzene rings is 1. The maximum Gasteiger partial charge on any atom is 0.262 e. The number of sulfonamides is 1. The third kappa shape index (κ3) is 4.56. The van der Waals surface area contributed by atoms with Crippen LogP contribution in [0.15, 0.2) is 34.2 Å². The van der Waals surface area contributed by atoms with E-state index in [0.29, 0.717) is 30.9 Å². The van der Waals surface area contributed by atoms with Gasteiger partial charge in [0.15, 0.2) is 0 Å². The molecule has 1 aliphatic heterocycles. The molecule has 120 valence electrons. The quantitative estimate of drug-likeness (QED) is 0.891. The molecule has 0 aromatic heterocycles. The number of amidine groups is 1. The number of aliphatic imine (C=N–C) groups is 1. The Hall–Kier alpha value is -1.89. The summed E-state index contributed by atoms with van der Waals surface area (Å²) in [5.41, 5.74) is 0.581. The molecule has 1 aromatic carbocycles. The van der Waals surface area contributed by atoms with E-state index >= 15 is 0 Å². The molecule has 7 heteroatoms. The van der Waals surface area contributed by atoms with E-state index in [1.807, 2.05) is 0 Å². The van der Waals surface area contributed by atoms with E-state index in [0.717, 1.165) is 19.3 Å². The number of rotatable bonds is 4. The monoisotopic (exact) mass is 323 g/mol. The van der Waals surface area contributed by atoms with E-state index in [1.54, 1.807) is 19.1 Å². The van der Waals surface area contributed by atoms with Crippen molar-refractivity contribution in [2.45, 2.75) is 43.9 Å². The second-order valence-electron chi connectivity index (χ2n) is 5.17. The van der Waals surface area contributed by atoms with Gasteiger partial charge in [-0.25, -0.2) is 8.42 Å². The minimum absolute atomic E-state index is 0.110. The van der Waals surface area contributed by atoms with Gasteiger partial charge in [-0.05, 0) is 37.1 Å². The van der Waals surface area contributed by atoms with Crippen LogP contribution in [-0.2, 0) is 14.8 Å². The molecule has 1 amide bonds. The summed E-state index contributed by atoms with van der Waals surface area (Å²) in [4.78, 5) is 15.7. The van der Waals surface area contributed by atoms with Gasteiger partial charge in [-0.3, -0.25) is 14.5 Å². The average molecular weight is 323 g/mol. The molecular formula is C15H21N3O3S. The molecule has 1 heterocycles. The molecule has 0 unspecified atom stereocenters. The minimum atomic E-state index is -3.62. The summed E-state index contributed by atoms with van der Waals surface area (Å²) in [5.74, 6) is 0.419. The van der Waals surface area contributed by atoms with Crippen molar-refractivity contribution in [2.75, 3.05) is 11.9 Å². The van der Waals surface area contributed by atoms with Gasteiger partial charge in [0.2, 0.25) is 5.91 Å². The molecule has 6 nitrogen and oxygen atoms in total. The molecule has 1 aliphatic rings. The molecule has 0 saturated heterocycles. The van der Waals surface area contributed by atoms with Crippen molar-refractivity contribution in [1.29, 1.82) is 0 Å². The Balaban J connectivity index is 2.08. The first-order valence-electron chi connectivity index (χ1n) is 7.47. The first-order valence-corrected chi connectivity index (χ1v) is 8.95. The van der Waals surface area contributed by atoms with Crippen LogP contribution in [0.25, 0.3) is 0 Å². The molecule has 2 N–H and O–H groups in total. The molecule has 0 bridgehead atoms. The fourth-order valence-electron chi connectivity index (χ4n) is 2.14. The van der Waals surface area contributed by atoms with E-state index in [1.165, 1.54) is 12.1 Å². The lowest BCUT2D eigenvalue weighted by Crippen LogP contribution is -2.30. The van der Waals surface area contributed by atoms with Crippen molar-refractivity contribution in [3.05, 3.63) is 24.3 Å². The standard InChI is InChI=1S/C15H21N3O3S/c1-2-15(19)17-12-7-9-13(10-8-12)22(20,21)18-14-6-4-3-5-11-16-14/h7-10H,2-6,11H2,1H3,(H,16,18)(H,17,19). The van der Waals surface area contributed by atoms with Gasteiger partial charge in [0.05, 0.1) is 4.90 Å². The highest BCUT2D eigenvalue weighted by atomic mass is 32.2. The van der Waals surface area contributed by atoms with Gasteiger partial charge >= 0.3 is 0 Å². The lowest BCUT2D eigenvalue weighted by Gasteiger charge is -2.10. The summed E-state index contributed by atoms with van der Waals surface area (Å²) in [6.07, 6.45) is 4.05. The molecule has 0 radical (unpaired) electrons. The lowest BCUT2D eigenvalue weighted by molar-refractivity contribution is -0.115. The van der Waals surface area contributed by atoms with Crippen LogP contribution in [0.3, 0.4) is 0 Å². The fourth-order valence-corrected chi connectivity index (χ4v) is 3.23. The number of nitrogens with zero attached hydrogens (tertiary/aromatic N) is 1. The third-order valence-corrected chi connectivity index (χ3v) is 4.79. The first-order chi connectivity index (χ1) is 10.5. The maximum atomic E-state index is 12.3. The predicted octanol–water partition coefficient (Wildman–Crippen LogP) is 2.29. The molecule has 0 saturated carbocycles. The van der Waals surface area contributed by atoms with E-state index in [-0.39, 0.29) is 10.8 Å². The summed E-state index contributed by atoms with van der Waals surface area (Å²) >= 11 is 0. The van der Waals surface area contributed by atoms with Crippen LogP contribution in [0, 0.1) is 0 Å². The predicted molar refractivity (Wildman–Crippen MR) is 86.5 cm³/mol. The molecule has 0 fully saturated rings. The van der Waals surface area contributed by atoms with Crippen molar-refractivity contribution < 1.29 is 13.2 Å². The number of hydrogen-bond donors (Lipinski definition) is 2. The van der Waals surface area contributed by atoms with Crippen LogP contribution in [0.4, 0.5) is 5.69 Å². The highest BCUT2D eigenvalue weighted by Gasteiger charge is 2.17. The second-order valence-corrected chi connectivity index (χ2v) is 6.85. The molecule has 0 spiro atoms. The number of amides is 1. The molecular weight excluding hydrogens is 302 g/mol. The van der Waals surface area contributed by atoms with Crippen LogP contribution >= 0.6 is 0 Å². The first kappa shape index (κ1) is 16.5. The summed E-state index contributed by atoms with van der Waals surface area (Å²) in [5, 5.41) is 2.68. The van der Waals surface area contributed by atoms with E-state index in [4.69, 9.17) is 0 Å². The van der Waals surface area contributed by atoms with Crippen LogP contribution in [0.1, 0.15) is 39.0 Å². The second kappa shape index (κ2) is 7.40. The zero-order chi connectivity index (χ0) is 16.0.